The van der Waals surface area contributed by atoms with Crippen molar-refractivity contribution in [2.75, 3.05) is 14.2 Å². The lowest BCUT2D eigenvalue weighted by atomic mass is 9.70. The normalized spacial score (nSPS) is 23.8. The highest BCUT2D eigenvalue weighted by atomic mass is 32.2. The van der Waals surface area contributed by atoms with Crippen molar-refractivity contribution >= 4 is 23.5 Å². The number of hydrogen-bond acceptors (Lipinski definition) is 7. The molecule has 3 atom stereocenters. The second kappa shape index (κ2) is 9.52. The van der Waals surface area contributed by atoms with E-state index in [0.29, 0.717) is 28.1 Å². The van der Waals surface area contributed by atoms with E-state index in [1.807, 2.05) is 28.8 Å². The SMILES string of the molecule is COc1ccc(C(=O)NCc2nnc(SC3C(=O)C4(C)CCC3C4(C)C)n2-c2ccc(OC)cc2)cc1. The van der Waals surface area contributed by atoms with Crippen molar-refractivity contribution < 1.29 is 19.1 Å². The van der Waals surface area contributed by atoms with Gasteiger partial charge in [0.05, 0.1) is 26.0 Å². The maximum Gasteiger partial charge on any atom is 0.251 e. The van der Waals surface area contributed by atoms with Gasteiger partial charge in [-0.05, 0) is 72.7 Å². The number of thioether (sulfide) groups is 1. The zero-order chi connectivity index (χ0) is 26.4. The second-order valence-corrected chi connectivity index (χ2v) is 11.6. The molecule has 2 bridgehead atoms. The van der Waals surface area contributed by atoms with Gasteiger partial charge in [-0.25, -0.2) is 0 Å². The number of fused-ring (bicyclic) bond motifs is 2. The molecule has 3 aromatic rings. The molecular weight excluding hydrogens is 488 g/mol. The van der Waals surface area contributed by atoms with Gasteiger partial charge >= 0.3 is 0 Å². The summed E-state index contributed by atoms with van der Waals surface area (Å²) in [6.45, 7) is 6.73. The Balaban J connectivity index is 1.43. The maximum atomic E-state index is 13.5. The third-order valence-electron chi connectivity index (χ3n) is 8.49. The number of nitrogens with one attached hydrogen (secondary N) is 1. The summed E-state index contributed by atoms with van der Waals surface area (Å²) >= 11 is 1.49. The van der Waals surface area contributed by atoms with E-state index in [9.17, 15) is 9.59 Å². The lowest BCUT2D eigenvalue weighted by Gasteiger charge is -2.32. The van der Waals surface area contributed by atoms with Gasteiger partial charge in [-0.2, -0.15) is 0 Å². The third-order valence-corrected chi connectivity index (χ3v) is 9.77. The Morgan fingerprint density at radius 2 is 1.65 bits per heavy atom. The summed E-state index contributed by atoms with van der Waals surface area (Å²) in [5, 5.41) is 12.3. The molecule has 1 amide bonds. The molecule has 0 spiro atoms. The number of carbonyl (C=O) groups excluding carboxylic acids is 2. The van der Waals surface area contributed by atoms with Gasteiger partial charge in [0.1, 0.15) is 11.5 Å². The van der Waals surface area contributed by atoms with E-state index in [1.54, 1.807) is 38.5 Å². The number of Topliss-reactive ketones (excluding diaryl/α,β-unsaturated/α-hetero) is 1. The highest BCUT2D eigenvalue weighted by Gasteiger charge is 2.66. The fourth-order valence-corrected chi connectivity index (χ4v) is 7.38. The molecule has 194 valence electrons. The van der Waals surface area contributed by atoms with Crippen LogP contribution in [0.1, 0.15) is 49.8 Å². The first-order chi connectivity index (χ1) is 17.7. The maximum absolute atomic E-state index is 13.5. The van der Waals surface area contributed by atoms with Gasteiger partial charge < -0.3 is 14.8 Å². The van der Waals surface area contributed by atoms with E-state index in [4.69, 9.17) is 9.47 Å². The Morgan fingerprint density at radius 1 is 1.03 bits per heavy atom. The minimum atomic E-state index is -0.310. The van der Waals surface area contributed by atoms with Crippen LogP contribution in [0.25, 0.3) is 5.69 Å². The Kier molecular flexibility index (Phi) is 6.52. The molecule has 2 aromatic carbocycles. The minimum Gasteiger partial charge on any atom is -0.497 e. The fraction of sp³-hybridized carbons (Fsp3) is 0.429. The smallest absolute Gasteiger partial charge is 0.251 e. The van der Waals surface area contributed by atoms with Gasteiger partial charge in [0.25, 0.3) is 5.91 Å². The van der Waals surface area contributed by atoms with Crippen LogP contribution in [-0.4, -0.2) is 45.9 Å². The largest absolute Gasteiger partial charge is 0.497 e. The van der Waals surface area contributed by atoms with Gasteiger partial charge in [0, 0.05) is 16.7 Å². The zero-order valence-corrected chi connectivity index (χ0v) is 22.6. The molecule has 3 unspecified atom stereocenters. The summed E-state index contributed by atoms with van der Waals surface area (Å²) in [7, 11) is 3.21. The molecule has 0 aliphatic heterocycles. The highest BCUT2D eigenvalue weighted by molar-refractivity contribution is 8.00. The summed E-state index contributed by atoms with van der Waals surface area (Å²) in [5.41, 5.74) is 0.995. The molecule has 2 fully saturated rings. The average Bonchev–Trinajstić information content (AvgIpc) is 3.46. The van der Waals surface area contributed by atoms with Gasteiger partial charge in [0.2, 0.25) is 0 Å². The highest BCUT2D eigenvalue weighted by Crippen LogP contribution is 2.66. The number of ether oxygens (including phenoxy) is 2. The second-order valence-electron chi connectivity index (χ2n) is 10.4. The Hall–Kier alpha value is -3.33. The van der Waals surface area contributed by atoms with Gasteiger partial charge in [-0.1, -0.05) is 32.5 Å². The van der Waals surface area contributed by atoms with Crippen LogP contribution in [-0.2, 0) is 11.3 Å². The van der Waals surface area contributed by atoms with Crippen molar-refractivity contribution in [1.29, 1.82) is 0 Å². The van der Waals surface area contributed by atoms with Crippen molar-refractivity contribution in [3.63, 3.8) is 0 Å². The van der Waals surface area contributed by atoms with Crippen LogP contribution in [0.3, 0.4) is 0 Å². The van der Waals surface area contributed by atoms with Crippen LogP contribution in [0.2, 0.25) is 0 Å². The molecule has 2 aliphatic carbocycles. The first-order valence-corrected chi connectivity index (χ1v) is 13.3. The molecule has 1 heterocycles. The molecular formula is C28H32N4O4S. The lowest BCUT2D eigenvalue weighted by molar-refractivity contribution is -0.127. The molecule has 5 rings (SSSR count). The van der Waals surface area contributed by atoms with Crippen LogP contribution in [0, 0.1) is 16.7 Å². The molecule has 0 saturated heterocycles. The van der Waals surface area contributed by atoms with Crippen molar-refractivity contribution in [1.82, 2.24) is 20.1 Å². The topological polar surface area (TPSA) is 95.3 Å². The predicted molar refractivity (Wildman–Crippen MR) is 141 cm³/mol. The third kappa shape index (κ3) is 4.19. The lowest BCUT2D eigenvalue weighted by Crippen LogP contribution is -2.34. The molecule has 1 N–H and O–H groups in total. The summed E-state index contributed by atoms with van der Waals surface area (Å²) in [6, 6.07) is 14.5. The molecule has 8 nitrogen and oxygen atoms in total. The number of amides is 1. The van der Waals surface area contributed by atoms with E-state index < -0.39 is 0 Å². The summed E-state index contributed by atoms with van der Waals surface area (Å²) in [4.78, 5) is 26.3. The first-order valence-electron chi connectivity index (χ1n) is 12.4. The monoisotopic (exact) mass is 520 g/mol. The van der Waals surface area contributed by atoms with Crippen molar-refractivity contribution in [2.45, 2.75) is 50.6 Å². The number of aromatic nitrogens is 3. The minimum absolute atomic E-state index is 0.0537. The number of benzene rings is 2. The first kappa shape index (κ1) is 25.3. The van der Waals surface area contributed by atoms with Crippen LogP contribution >= 0.6 is 11.8 Å². The number of methoxy groups -OCH3 is 2. The van der Waals surface area contributed by atoms with Crippen LogP contribution in [0.15, 0.2) is 53.7 Å². The number of hydrogen-bond donors (Lipinski definition) is 1. The van der Waals surface area contributed by atoms with Crippen LogP contribution in [0.5, 0.6) is 11.5 Å². The van der Waals surface area contributed by atoms with Crippen molar-refractivity contribution in [2.24, 2.45) is 16.7 Å². The van der Waals surface area contributed by atoms with E-state index in [1.165, 1.54) is 11.8 Å². The quantitative estimate of drug-likeness (QED) is 0.460. The molecule has 0 radical (unpaired) electrons. The summed E-state index contributed by atoms with van der Waals surface area (Å²) in [6.07, 6.45) is 1.97. The van der Waals surface area contributed by atoms with E-state index in [2.05, 4.69) is 36.3 Å². The number of nitrogens with zero attached hydrogens (tertiary/aromatic N) is 3. The fourth-order valence-electron chi connectivity index (χ4n) is 5.74. The Bertz CT molecular complexity index is 1320. The number of carbonyl (C=O) groups is 2. The van der Waals surface area contributed by atoms with E-state index >= 15 is 0 Å². The number of ketones is 1. The Morgan fingerprint density at radius 3 is 2.22 bits per heavy atom. The van der Waals surface area contributed by atoms with Crippen LogP contribution in [0.4, 0.5) is 0 Å². The molecule has 9 heteroatoms. The zero-order valence-electron chi connectivity index (χ0n) is 21.8. The molecule has 1 aromatic heterocycles. The summed E-state index contributed by atoms with van der Waals surface area (Å²) in [5.74, 6) is 2.37. The van der Waals surface area contributed by atoms with Gasteiger partial charge in [0.15, 0.2) is 16.8 Å². The molecule has 37 heavy (non-hydrogen) atoms. The van der Waals surface area contributed by atoms with E-state index in [0.717, 1.165) is 24.3 Å². The summed E-state index contributed by atoms with van der Waals surface area (Å²) < 4.78 is 12.4. The van der Waals surface area contributed by atoms with Gasteiger partial charge in [-0.3, -0.25) is 14.2 Å². The molecule has 2 saturated carbocycles. The average molecular weight is 521 g/mol. The number of rotatable bonds is 8. The standard InChI is InChI=1S/C28H32N4O4S/c1-27(2)21-14-15-28(27,3)24(33)23(21)37-26-31-30-22(32(26)18-8-12-20(36-5)13-9-18)16-29-25(34)17-6-10-19(35-4)11-7-17/h6-13,21,23H,14-16H2,1-5H3,(H,29,34). The molecule has 2 aliphatic rings. The predicted octanol–water partition coefficient (Wildman–Crippen LogP) is 4.70. The van der Waals surface area contributed by atoms with Crippen molar-refractivity contribution in [3.8, 4) is 17.2 Å². The van der Waals surface area contributed by atoms with E-state index in [-0.39, 0.29) is 34.4 Å². The van der Waals surface area contributed by atoms with Gasteiger partial charge in [-0.15, -0.1) is 10.2 Å². The Labute approximate surface area is 221 Å². The van der Waals surface area contributed by atoms with Crippen molar-refractivity contribution in [3.05, 3.63) is 59.9 Å². The van der Waals surface area contributed by atoms with Crippen LogP contribution < -0.4 is 14.8 Å².